The maximum atomic E-state index is 12.2. The van der Waals surface area contributed by atoms with Gasteiger partial charge in [-0.3, -0.25) is 9.59 Å². The number of aliphatic carboxylic acids is 1. The molecule has 1 saturated carbocycles. The largest absolute Gasteiger partial charge is 0.480 e. The highest BCUT2D eigenvalue weighted by molar-refractivity contribution is 6.36. The maximum absolute atomic E-state index is 12.2. The van der Waals surface area contributed by atoms with Crippen LogP contribution in [0.15, 0.2) is 18.2 Å². The second-order valence-corrected chi connectivity index (χ2v) is 5.34. The van der Waals surface area contributed by atoms with E-state index in [9.17, 15) is 9.59 Å². The van der Waals surface area contributed by atoms with E-state index in [1.165, 1.54) is 4.90 Å². The molecule has 102 valence electrons. The lowest BCUT2D eigenvalue weighted by atomic mass is 10.1. The van der Waals surface area contributed by atoms with E-state index < -0.39 is 5.97 Å². The van der Waals surface area contributed by atoms with Gasteiger partial charge in [0.2, 0.25) is 5.91 Å². The van der Waals surface area contributed by atoms with E-state index in [1.807, 2.05) is 0 Å². The highest BCUT2D eigenvalue weighted by Crippen LogP contribution is 2.29. The molecule has 0 unspecified atom stereocenters. The first kappa shape index (κ1) is 14.2. The molecule has 1 fully saturated rings. The normalized spacial score (nSPS) is 14.2. The van der Waals surface area contributed by atoms with E-state index >= 15 is 0 Å². The van der Waals surface area contributed by atoms with E-state index in [0.29, 0.717) is 15.6 Å². The van der Waals surface area contributed by atoms with Crippen molar-refractivity contribution in [3.8, 4) is 0 Å². The van der Waals surface area contributed by atoms with Crippen LogP contribution < -0.4 is 0 Å². The van der Waals surface area contributed by atoms with Crippen molar-refractivity contribution in [1.82, 2.24) is 4.90 Å². The zero-order chi connectivity index (χ0) is 14.0. The Morgan fingerprint density at radius 3 is 2.32 bits per heavy atom. The Balaban J connectivity index is 2.12. The summed E-state index contributed by atoms with van der Waals surface area (Å²) < 4.78 is 0. The van der Waals surface area contributed by atoms with Crippen LogP contribution in [0.25, 0.3) is 0 Å². The Morgan fingerprint density at radius 2 is 1.84 bits per heavy atom. The van der Waals surface area contributed by atoms with Crippen LogP contribution >= 0.6 is 23.2 Å². The van der Waals surface area contributed by atoms with Crippen molar-refractivity contribution in [2.24, 2.45) is 0 Å². The fraction of sp³-hybridized carbons (Fsp3) is 0.385. The van der Waals surface area contributed by atoms with Gasteiger partial charge in [0.25, 0.3) is 0 Å². The van der Waals surface area contributed by atoms with Crippen molar-refractivity contribution in [3.63, 3.8) is 0 Å². The van der Waals surface area contributed by atoms with E-state index in [1.54, 1.807) is 18.2 Å². The van der Waals surface area contributed by atoms with Gasteiger partial charge in [0.05, 0.1) is 6.42 Å². The van der Waals surface area contributed by atoms with Gasteiger partial charge >= 0.3 is 5.97 Å². The molecule has 0 saturated heterocycles. The number of halogens is 2. The van der Waals surface area contributed by atoms with Crippen molar-refractivity contribution in [1.29, 1.82) is 0 Å². The van der Waals surface area contributed by atoms with Crippen LogP contribution in [0, 0.1) is 0 Å². The van der Waals surface area contributed by atoms with Crippen LogP contribution in [0.1, 0.15) is 18.4 Å². The lowest BCUT2D eigenvalue weighted by Gasteiger charge is -2.20. The van der Waals surface area contributed by atoms with Gasteiger partial charge in [0.15, 0.2) is 0 Å². The summed E-state index contributed by atoms with van der Waals surface area (Å²) in [5.74, 6) is -1.26. The predicted molar refractivity (Wildman–Crippen MR) is 72.5 cm³/mol. The molecule has 0 spiro atoms. The third-order valence-corrected chi connectivity index (χ3v) is 3.71. The zero-order valence-corrected chi connectivity index (χ0v) is 11.6. The number of hydrogen-bond acceptors (Lipinski definition) is 2. The number of benzene rings is 1. The van der Waals surface area contributed by atoms with E-state index in [0.717, 1.165) is 12.8 Å². The number of nitrogens with zero attached hydrogens (tertiary/aromatic N) is 1. The molecule has 1 aromatic carbocycles. The van der Waals surface area contributed by atoms with Gasteiger partial charge in [-0.1, -0.05) is 29.3 Å². The molecule has 1 aliphatic rings. The number of carbonyl (C=O) groups excluding carboxylic acids is 1. The Hall–Kier alpha value is -1.26. The molecule has 0 atom stereocenters. The van der Waals surface area contributed by atoms with Gasteiger partial charge in [-0.25, -0.2) is 0 Å². The molecule has 1 aliphatic carbocycles. The summed E-state index contributed by atoms with van der Waals surface area (Å²) >= 11 is 12.0. The number of carboxylic acid groups (broad SMARTS) is 1. The number of rotatable bonds is 5. The van der Waals surface area contributed by atoms with Crippen LogP contribution in [0.5, 0.6) is 0 Å². The summed E-state index contributed by atoms with van der Waals surface area (Å²) in [4.78, 5) is 24.4. The summed E-state index contributed by atoms with van der Waals surface area (Å²) in [7, 11) is 0. The van der Waals surface area contributed by atoms with Gasteiger partial charge in [-0.2, -0.15) is 0 Å². The number of amides is 1. The highest BCUT2D eigenvalue weighted by Gasteiger charge is 2.34. The summed E-state index contributed by atoms with van der Waals surface area (Å²) in [5.41, 5.74) is 0.548. The highest BCUT2D eigenvalue weighted by atomic mass is 35.5. The average molecular weight is 302 g/mol. The van der Waals surface area contributed by atoms with Gasteiger partial charge < -0.3 is 10.0 Å². The van der Waals surface area contributed by atoms with Crippen LogP contribution in [0.2, 0.25) is 10.0 Å². The minimum atomic E-state index is -1.01. The smallest absolute Gasteiger partial charge is 0.323 e. The predicted octanol–water partition coefficient (Wildman–Crippen LogP) is 2.61. The average Bonchev–Trinajstić information content (AvgIpc) is 3.14. The van der Waals surface area contributed by atoms with Crippen LogP contribution in [-0.4, -0.2) is 34.5 Å². The first-order chi connectivity index (χ1) is 8.99. The lowest BCUT2D eigenvalue weighted by Crippen LogP contribution is -2.38. The third-order valence-electron chi connectivity index (χ3n) is 3.00. The fourth-order valence-electron chi connectivity index (χ4n) is 1.91. The Bertz CT molecular complexity index is 494. The van der Waals surface area contributed by atoms with Crippen molar-refractivity contribution in [3.05, 3.63) is 33.8 Å². The summed E-state index contributed by atoms with van der Waals surface area (Å²) in [6.45, 7) is -0.272. The van der Waals surface area contributed by atoms with Gasteiger partial charge in [0.1, 0.15) is 6.54 Å². The van der Waals surface area contributed by atoms with Gasteiger partial charge in [-0.05, 0) is 30.5 Å². The molecule has 0 radical (unpaired) electrons. The van der Waals surface area contributed by atoms with E-state index in [-0.39, 0.29) is 24.9 Å². The van der Waals surface area contributed by atoms with Crippen molar-refractivity contribution >= 4 is 35.1 Å². The van der Waals surface area contributed by atoms with Gasteiger partial charge in [-0.15, -0.1) is 0 Å². The Kier molecular flexibility index (Phi) is 4.32. The quantitative estimate of drug-likeness (QED) is 0.909. The first-order valence-electron chi connectivity index (χ1n) is 5.93. The molecule has 0 bridgehead atoms. The standard InChI is InChI=1S/C13H13Cl2NO3/c14-10-2-1-3-11(15)9(10)6-12(17)16(7-13(18)19)8-4-5-8/h1-3,8H,4-7H2,(H,18,19). The molecule has 0 aliphatic heterocycles. The molecule has 0 aromatic heterocycles. The molecule has 1 amide bonds. The van der Waals surface area contributed by atoms with Crippen molar-refractivity contribution in [2.45, 2.75) is 25.3 Å². The Labute approximate surface area is 120 Å². The lowest BCUT2D eigenvalue weighted by molar-refractivity contribution is -0.144. The monoisotopic (exact) mass is 301 g/mol. The molecule has 1 aromatic rings. The number of carboxylic acids is 1. The third kappa shape index (κ3) is 3.61. The minimum Gasteiger partial charge on any atom is -0.480 e. The van der Waals surface area contributed by atoms with E-state index in [4.69, 9.17) is 28.3 Å². The summed E-state index contributed by atoms with van der Waals surface area (Å²) in [6, 6.07) is 5.07. The van der Waals surface area contributed by atoms with Crippen molar-refractivity contribution in [2.75, 3.05) is 6.54 Å². The molecule has 6 heteroatoms. The van der Waals surface area contributed by atoms with E-state index in [2.05, 4.69) is 0 Å². The maximum Gasteiger partial charge on any atom is 0.323 e. The molecule has 1 N–H and O–H groups in total. The fourth-order valence-corrected chi connectivity index (χ4v) is 2.44. The molecule has 4 nitrogen and oxygen atoms in total. The number of carbonyl (C=O) groups is 2. The molecular weight excluding hydrogens is 289 g/mol. The second-order valence-electron chi connectivity index (χ2n) is 4.52. The molecule has 19 heavy (non-hydrogen) atoms. The van der Waals surface area contributed by atoms with Crippen LogP contribution in [0.4, 0.5) is 0 Å². The molecule has 2 rings (SSSR count). The van der Waals surface area contributed by atoms with Crippen LogP contribution in [-0.2, 0) is 16.0 Å². The molecular formula is C13H13Cl2NO3. The van der Waals surface area contributed by atoms with Gasteiger partial charge in [0, 0.05) is 16.1 Å². The van der Waals surface area contributed by atoms with Crippen molar-refractivity contribution < 1.29 is 14.7 Å². The first-order valence-corrected chi connectivity index (χ1v) is 6.68. The second kappa shape index (κ2) is 5.80. The Morgan fingerprint density at radius 1 is 1.26 bits per heavy atom. The van der Waals surface area contributed by atoms with Crippen LogP contribution in [0.3, 0.4) is 0 Å². The minimum absolute atomic E-state index is 0.0300. The summed E-state index contributed by atoms with van der Waals surface area (Å²) in [5, 5.41) is 9.68. The zero-order valence-electron chi connectivity index (χ0n) is 10.1. The SMILES string of the molecule is O=C(O)CN(C(=O)Cc1c(Cl)cccc1Cl)C1CC1. The number of hydrogen-bond donors (Lipinski definition) is 1. The topological polar surface area (TPSA) is 57.6 Å². The molecule has 0 heterocycles. The summed E-state index contributed by atoms with van der Waals surface area (Å²) in [6.07, 6.45) is 1.74.